The van der Waals surface area contributed by atoms with E-state index in [1.165, 1.54) is 6.07 Å². The number of carboxylic acid groups (broad SMARTS) is 2. The third-order valence-electron chi connectivity index (χ3n) is 2.14. The average molecular weight is 388 g/mol. The van der Waals surface area contributed by atoms with Crippen LogP contribution >= 0.6 is 0 Å². The van der Waals surface area contributed by atoms with E-state index in [0.717, 1.165) is 0 Å². The molecule has 6 heteroatoms. The molecule has 2 aromatic rings. The molecular formula is C11H5NO4Yb. The van der Waals surface area contributed by atoms with E-state index >= 15 is 0 Å². The van der Waals surface area contributed by atoms with Crippen molar-refractivity contribution in [1.29, 1.82) is 0 Å². The number of rotatable bonds is 2. The largest absolute Gasteiger partial charge is 2.00 e. The number of para-hydroxylation sites is 1. The van der Waals surface area contributed by atoms with Crippen LogP contribution in [0.1, 0.15) is 20.8 Å². The van der Waals surface area contributed by atoms with Gasteiger partial charge >= 0.3 is 46.9 Å². The number of fused-ring (bicyclic) bond motifs is 1. The van der Waals surface area contributed by atoms with Gasteiger partial charge in [0.2, 0.25) is 0 Å². The fraction of sp³-hybridized carbons (Fsp3) is 0. The Morgan fingerprint density at radius 3 is 2.29 bits per heavy atom. The predicted octanol–water partition coefficient (Wildman–Crippen LogP) is -1.04. The van der Waals surface area contributed by atoms with Gasteiger partial charge in [0.25, 0.3) is 0 Å². The smallest absolute Gasteiger partial charge is 0.545 e. The van der Waals surface area contributed by atoms with Gasteiger partial charge in [0.15, 0.2) is 0 Å². The summed E-state index contributed by atoms with van der Waals surface area (Å²) < 4.78 is 0. The van der Waals surface area contributed by atoms with E-state index in [-0.39, 0.29) is 46.9 Å². The molecule has 0 amide bonds. The number of hydrogen-bond donors (Lipinski definition) is 0. The van der Waals surface area contributed by atoms with Gasteiger partial charge in [-0.25, -0.2) is 4.98 Å². The summed E-state index contributed by atoms with van der Waals surface area (Å²) in [5.74, 6) is -3.22. The molecule has 92 valence electrons. The SMILES string of the molecule is O=C([O-])c1cc2ccccc2nc1C(=O)[O-].[Yb+2]. The maximum atomic E-state index is 10.7. The van der Waals surface area contributed by atoms with Crippen molar-refractivity contribution >= 4 is 22.8 Å². The molecule has 0 N–H and O–H groups in total. The standard InChI is InChI=1S/C11H7NO4.Yb/c13-10(14)7-5-6-3-1-2-4-8(6)12-9(7)11(15)16;/h1-5H,(H,13,14)(H,15,16);/q;+2/p-2. The van der Waals surface area contributed by atoms with Gasteiger partial charge in [-0.1, -0.05) is 18.2 Å². The third-order valence-corrected chi connectivity index (χ3v) is 2.14. The molecule has 1 aromatic heterocycles. The van der Waals surface area contributed by atoms with Crippen molar-refractivity contribution in [3.63, 3.8) is 0 Å². The number of aromatic nitrogens is 1. The zero-order valence-electron chi connectivity index (χ0n) is 8.23. The summed E-state index contributed by atoms with van der Waals surface area (Å²) in [6, 6.07) is 7.80. The van der Waals surface area contributed by atoms with E-state index in [9.17, 15) is 19.8 Å². The first kappa shape index (κ1) is 14.2. The van der Waals surface area contributed by atoms with Gasteiger partial charge < -0.3 is 19.8 Å². The molecule has 5 nitrogen and oxygen atoms in total. The van der Waals surface area contributed by atoms with Crippen LogP contribution in [0.4, 0.5) is 0 Å². The van der Waals surface area contributed by atoms with E-state index in [0.29, 0.717) is 10.9 Å². The minimum absolute atomic E-state index is 0. The molecule has 1 aromatic carbocycles. The number of pyridine rings is 1. The van der Waals surface area contributed by atoms with Crippen LogP contribution < -0.4 is 10.2 Å². The quantitative estimate of drug-likeness (QED) is 0.656. The van der Waals surface area contributed by atoms with Crippen LogP contribution in [0.2, 0.25) is 0 Å². The van der Waals surface area contributed by atoms with Crippen molar-refractivity contribution in [1.82, 2.24) is 4.98 Å². The Labute approximate surface area is 135 Å². The second-order valence-electron chi connectivity index (χ2n) is 3.15. The second kappa shape index (κ2) is 5.62. The Bertz CT molecular complexity index is 545. The number of carbonyl (C=O) groups is 2. The number of carboxylic acids is 2. The van der Waals surface area contributed by atoms with E-state index in [1.807, 2.05) is 0 Å². The van der Waals surface area contributed by atoms with Gasteiger partial charge in [-0.15, -0.1) is 0 Å². The Morgan fingerprint density at radius 2 is 1.71 bits per heavy atom. The van der Waals surface area contributed by atoms with Crippen molar-refractivity contribution in [2.75, 3.05) is 0 Å². The number of hydrogen-bond acceptors (Lipinski definition) is 5. The normalized spacial score (nSPS) is 9.65. The molecule has 0 aliphatic carbocycles. The molecule has 2 rings (SSSR count). The summed E-state index contributed by atoms with van der Waals surface area (Å²) in [6.07, 6.45) is 0. The fourth-order valence-electron chi connectivity index (χ4n) is 1.43. The van der Waals surface area contributed by atoms with Crippen LogP contribution in [0.15, 0.2) is 30.3 Å². The summed E-state index contributed by atoms with van der Waals surface area (Å²) in [5.41, 5.74) is -0.691. The molecule has 0 saturated heterocycles. The fourth-order valence-corrected chi connectivity index (χ4v) is 1.43. The summed E-state index contributed by atoms with van der Waals surface area (Å²) in [4.78, 5) is 25.1. The molecule has 0 bridgehead atoms. The van der Waals surface area contributed by atoms with Crippen LogP contribution in [0.3, 0.4) is 0 Å². The monoisotopic (exact) mass is 389 g/mol. The third kappa shape index (κ3) is 2.86. The van der Waals surface area contributed by atoms with Crippen molar-refractivity contribution in [3.05, 3.63) is 41.6 Å². The van der Waals surface area contributed by atoms with Crippen LogP contribution in [-0.4, -0.2) is 16.9 Å². The van der Waals surface area contributed by atoms with E-state index in [1.54, 1.807) is 24.3 Å². The summed E-state index contributed by atoms with van der Waals surface area (Å²) in [5, 5.41) is 22.0. The van der Waals surface area contributed by atoms with Gasteiger partial charge in [-0.2, -0.15) is 0 Å². The first-order valence-electron chi connectivity index (χ1n) is 4.42. The van der Waals surface area contributed by atoms with Gasteiger partial charge in [-0.3, -0.25) is 0 Å². The maximum Gasteiger partial charge on any atom is 2.00 e. The molecule has 0 unspecified atom stereocenters. The Hall–Kier alpha value is -0.911. The van der Waals surface area contributed by atoms with Crippen molar-refractivity contribution in [2.45, 2.75) is 0 Å². The minimum atomic E-state index is -1.63. The Balaban J connectivity index is 0.00000144. The van der Waals surface area contributed by atoms with Crippen molar-refractivity contribution in [3.8, 4) is 0 Å². The molecule has 0 saturated carbocycles. The number of benzene rings is 1. The van der Waals surface area contributed by atoms with Gasteiger partial charge in [0.1, 0.15) is 0 Å². The van der Waals surface area contributed by atoms with Crippen LogP contribution in [0.25, 0.3) is 10.9 Å². The minimum Gasteiger partial charge on any atom is -0.545 e. The molecule has 17 heavy (non-hydrogen) atoms. The predicted molar refractivity (Wildman–Crippen MR) is 50.4 cm³/mol. The summed E-state index contributed by atoms with van der Waals surface area (Å²) >= 11 is 0. The summed E-state index contributed by atoms with van der Waals surface area (Å²) in [7, 11) is 0. The van der Waals surface area contributed by atoms with Gasteiger partial charge in [-0.05, 0) is 12.1 Å². The zero-order valence-corrected chi connectivity index (χ0v) is 9.95. The molecule has 0 atom stereocenters. The molecular weight excluding hydrogens is 383 g/mol. The first-order chi connectivity index (χ1) is 7.59. The zero-order chi connectivity index (χ0) is 11.7. The van der Waals surface area contributed by atoms with Gasteiger partial charge in [0.05, 0.1) is 23.1 Å². The molecule has 1 heterocycles. The van der Waals surface area contributed by atoms with Gasteiger partial charge in [0, 0.05) is 10.9 Å². The summed E-state index contributed by atoms with van der Waals surface area (Å²) in [6.45, 7) is 0. The number of carbonyl (C=O) groups excluding carboxylic acids is 2. The number of aromatic carboxylic acids is 2. The molecule has 0 radical (unpaired) electrons. The first-order valence-corrected chi connectivity index (χ1v) is 4.42. The van der Waals surface area contributed by atoms with Crippen molar-refractivity contribution < 1.29 is 66.7 Å². The van der Waals surface area contributed by atoms with Crippen LogP contribution in [0.5, 0.6) is 0 Å². The Morgan fingerprint density at radius 1 is 1.06 bits per heavy atom. The second-order valence-corrected chi connectivity index (χ2v) is 3.15. The van der Waals surface area contributed by atoms with Crippen molar-refractivity contribution in [2.24, 2.45) is 0 Å². The average Bonchev–Trinajstić information content (AvgIpc) is 2.27. The van der Waals surface area contributed by atoms with E-state index < -0.39 is 23.2 Å². The van der Waals surface area contributed by atoms with Crippen LogP contribution in [-0.2, 0) is 0 Å². The maximum absolute atomic E-state index is 10.7. The molecule has 0 spiro atoms. The molecule has 0 aliphatic rings. The number of nitrogens with zero attached hydrogens (tertiary/aromatic N) is 1. The molecule has 0 fully saturated rings. The van der Waals surface area contributed by atoms with E-state index in [4.69, 9.17) is 0 Å². The topological polar surface area (TPSA) is 93.2 Å². The Kier molecular flexibility index (Phi) is 4.68. The molecule has 0 aliphatic heterocycles. The van der Waals surface area contributed by atoms with E-state index in [2.05, 4.69) is 4.98 Å². The van der Waals surface area contributed by atoms with Crippen LogP contribution in [0, 0.1) is 46.9 Å².